The van der Waals surface area contributed by atoms with E-state index in [0.29, 0.717) is 13.1 Å². The normalized spacial score (nSPS) is 21.5. The Kier molecular flexibility index (Phi) is 5.21. The topological polar surface area (TPSA) is 81.7 Å². The van der Waals surface area contributed by atoms with Crippen LogP contribution < -0.4 is 10.6 Å². The van der Waals surface area contributed by atoms with Gasteiger partial charge in [-0.25, -0.2) is 4.79 Å². The second-order valence-corrected chi connectivity index (χ2v) is 3.97. The highest BCUT2D eigenvalue weighted by Gasteiger charge is 2.18. The van der Waals surface area contributed by atoms with Crippen molar-refractivity contribution in [2.24, 2.45) is 0 Å². The van der Waals surface area contributed by atoms with Gasteiger partial charge in [0.05, 0.1) is 6.10 Å². The maximum atomic E-state index is 11.3. The zero-order chi connectivity index (χ0) is 12.0. The van der Waals surface area contributed by atoms with E-state index >= 15 is 0 Å². The maximum absolute atomic E-state index is 11.3. The fraction of sp³-hybridized carbons (Fsp3) is 0.800. The van der Waals surface area contributed by atoms with Crippen molar-refractivity contribution < 1.29 is 14.7 Å². The standard InChI is InChI=1S/C10H19N3O3/c1-11-10(16)12-9(15)4-6-13-5-2-3-8(14)7-13/h8,14H,2-7H2,1H3,(H2,11,12,15,16). The van der Waals surface area contributed by atoms with Crippen LogP contribution in [-0.2, 0) is 4.79 Å². The molecule has 16 heavy (non-hydrogen) atoms. The van der Waals surface area contributed by atoms with E-state index in [4.69, 9.17) is 0 Å². The first-order chi connectivity index (χ1) is 7.61. The number of likely N-dealkylation sites (tertiary alicyclic amines) is 1. The molecular formula is C10H19N3O3. The summed E-state index contributed by atoms with van der Waals surface area (Å²) in [6.45, 7) is 2.11. The first-order valence-corrected chi connectivity index (χ1v) is 5.54. The van der Waals surface area contributed by atoms with Crippen molar-refractivity contribution in [1.29, 1.82) is 0 Å². The molecule has 0 spiro atoms. The average molecular weight is 229 g/mol. The van der Waals surface area contributed by atoms with Crippen LogP contribution in [0.4, 0.5) is 4.79 Å². The van der Waals surface area contributed by atoms with Gasteiger partial charge in [0.25, 0.3) is 0 Å². The molecule has 6 heteroatoms. The molecule has 1 saturated heterocycles. The van der Waals surface area contributed by atoms with Gasteiger partial charge < -0.3 is 15.3 Å². The van der Waals surface area contributed by atoms with Crippen molar-refractivity contribution in [1.82, 2.24) is 15.5 Å². The highest BCUT2D eigenvalue weighted by Crippen LogP contribution is 2.09. The summed E-state index contributed by atoms with van der Waals surface area (Å²) in [5, 5.41) is 13.9. The minimum absolute atomic E-state index is 0.278. The van der Waals surface area contributed by atoms with Gasteiger partial charge in [0, 0.05) is 26.6 Å². The minimum Gasteiger partial charge on any atom is -0.392 e. The Morgan fingerprint density at radius 2 is 2.25 bits per heavy atom. The van der Waals surface area contributed by atoms with Gasteiger partial charge in [0.2, 0.25) is 5.91 Å². The molecule has 0 aromatic heterocycles. The second-order valence-electron chi connectivity index (χ2n) is 3.97. The molecule has 0 bridgehead atoms. The number of aliphatic hydroxyl groups is 1. The summed E-state index contributed by atoms with van der Waals surface area (Å²) < 4.78 is 0. The quantitative estimate of drug-likeness (QED) is 0.597. The Balaban J connectivity index is 2.18. The third kappa shape index (κ3) is 4.59. The Morgan fingerprint density at radius 1 is 1.50 bits per heavy atom. The van der Waals surface area contributed by atoms with E-state index in [-0.39, 0.29) is 18.4 Å². The Morgan fingerprint density at radius 3 is 2.88 bits per heavy atom. The number of hydrogen-bond donors (Lipinski definition) is 3. The van der Waals surface area contributed by atoms with Gasteiger partial charge in [-0.1, -0.05) is 0 Å². The van der Waals surface area contributed by atoms with E-state index in [1.807, 2.05) is 4.90 Å². The van der Waals surface area contributed by atoms with Gasteiger partial charge in [0.15, 0.2) is 0 Å². The van der Waals surface area contributed by atoms with E-state index in [9.17, 15) is 14.7 Å². The molecule has 1 heterocycles. The molecule has 92 valence electrons. The lowest BCUT2D eigenvalue weighted by molar-refractivity contribution is -0.120. The zero-order valence-electron chi connectivity index (χ0n) is 9.53. The van der Waals surface area contributed by atoms with Crippen molar-refractivity contribution in [3.8, 4) is 0 Å². The van der Waals surface area contributed by atoms with Crippen molar-refractivity contribution in [2.75, 3.05) is 26.7 Å². The molecular weight excluding hydrogens is 210 g/mol. The number of urea groups is 1. The molecule has 1 fully saturated rings. The van der Waals surface area contributed by atoms with Gasteiger partial charge in [0.1, 0.15) is 0 Å². The molecule has 1 rings (SSSR count). The third-order valence-corrected chi connectivity index (χ3v) is 2.62. The van der Waals surface area contributed by atoms with Gasteiger partial charge >= 0.3 is 6.03 Å². The van der Waals surface area contributed by atoms with Crippen LogP contribution in [0.25, 0.3) is 0 Å². The summed E-state index contributed by atoms with van der Waals surface area (Å²) in [5.41, 5.74) is 0. The van der Waals surface area contributed by atoms with E-state index in [1.54, 1.807) is 0 Å². The number of nitrogens with zero attached hydrogens (tertiary/aromatic N) is 1. The van der Waals surface area contributed by atoms with E-state index in [2.05, 4.69) is 10.6 Å². The molecule has 0 saturated carbocycles. The fourth-order valence-corrected chi connectivity index (χ4v) is 1.75. The van der Waals surface area contributed by atoms with Gasteiger partial charge in [-0.15, -0.1) is 0 Å². The summed E-state index contributed by atoms with van der Waals surface area (Å²) in [7, 11) is 1.46. The van der Waals surface area contributed by atoms with Gasteiger partial charge in [-0.3, -0.25) is 10.1 Å². The summed E-state index contributed by atoms with van der Waals surface area (Å²) in [6.07, 6.45) is 1.79. The number of amides is 3. The molecule has 6 nitrogen and oxygen atoms in total. The van der Waals surface area contributed by atoms with E-state index in [1.165, 1.54) is 7.05 Å². The number of carbonyl (C=O) groups excluding carboxylic acids is 2. The molecule has 1 aliphatic rings. The molecule has 3 N–H and O–H groups in total. The molecule has 1 unspecified atom stereocenters. The van der Waals surface area contributed by atoms with Crippen LogP contribution in [0, 0.1) is 0 Å². The fourth-order valence-electron chi connectivity index (χ4n) is 1.75. The molecule has 0 aromatic carbocycles. The van der Waals surface area contributed by atoms with Gasteiger partial charge in [-0.05, 0) is 19.4 Å². The molecule has 0 aliphatic carbocycles. The number of aliphatic hydroxyl groups excluding tert-OH is 1. The Labute approximate surface area is 95.0 Å². The molecule has 0 aromatic rings. The van der Waals surface area contributed by atoms with Crippen molar-refractivity contribution in [3.05, 3.63) is 0 Å². The van der Waals surface area contributed by atoms with Crippen LogP contribution in [0.15, 0.2) is 0 Å². The van der Waals surface area contributed by atoms with Crippen LogP contribution in [0.5, 0.6) is 0 Å². The number of piperidine rings is 1. The number of rotatable bonds is 3. The Hall–Kier alpha value is -1.14. The third-order valence-electron chi connectivity index (χ3n) is 2.62. The largest absolute Gasteiger partial charge is 0.392 e. The number of β-amino-alcohol motifs (C(OH)–C–C–N with tert-alkyl or cyclic N) is 1. The van der Waals surface area contributed by atoms with Crippen molar-refractivity contribution in [3.63, 3.8) is 0 Å². The van der Waals surface area contributed by atoms with Crippen LogP contribution in [0.2, 0.25) is 0 Å². The van der Waals surface area contributed by atoms with Crippen LogP contribution in [-0.4, -0.2) is 54.7 Å². The molecule has 0 radical (unpaired) electrons. The van der Waals surface area contributed by atoms with E-state index in [0.717, 1.165) is 19.4 Å². The molecule has 3 amide bonds. The molecule has 1 atom stereocenters. The predicted molar refractivity (Wildman–Crippen MR) is 58.9 cm³/mol. The first kappa shape index (κ1) is 12.9. The summed E-state index contributed by atoms with van der Waals surface area (Å²) in [5.74, 6) is -0.292. The van der Waals surface area contributed by atoms with Crippen LogP contribution >= 0.6 is 0 Å². The SMILES string of the molecule is CNC(=O)NC(=O)CCN1CCCC(O)C1. The smallest absolute Gasteiger partial charge is 0.321 e. The predicted octanol–water partition coefficient (Wildman–Crippen LogP) is -0.711. The van der Waals surface area contributed by atoms with Crippen molar-refractivity contribution >= 4 is 11.9 Å². The number of imide groups is 1. The van der Waals surface area contributed by atoms with Crippen LogP contribution in [0.1, 0.15) is 19.3 Å². The number of nitrogens with one attached hydrogen (secondary N) is 2. The monoisotopic (exact) mass is 229 g/mol. The summed E-state index contributed by atoms with van der Waals surface area (Å²) in [6, 6.07) is -0.483. The highest BCUT2D eigenvalue weighted by molar-refractivity contribution is 5.94. The minimum atomic E-state index is -0.483. The van der Waals surface area contributed by atoms with Crippen molar-refractivity contribution in [2.45, 2.75) is 25.4 Å². The first-order valence-electron chi connectivity index (χ1n) is 5.54. The summed E-state index contributed by atoms with van der Waals surface area (Å²) in [4.78, 5) is 24.1. The second kappa shape index (κ2) is 6.44. The average Bonchev–Trinajstić information content (AvgIpc) is 2.26. The van der Waals surface area contributed by atoms with E-state index < -0.39 is 6.03 Å². The summed E-state index contributed by atoms with van der Waals surface area (Å²) >= 11 is 0. The zero-order valence-corrected chi connectivity index (χ0v) is 9.53. The highest BCUT2D eigenvalue weighted by atomic mass is 16.3. The number of carbonyl (C=O) groups is 2. The lowest BCUT2D eigenvalue weighted by Gasteiger charge is -2.29. The maximum Gasteiger partial charge on any atom is 0.321 e. The van der Waals surface area contributed by atoms with Gasteiger partial charge in [-0.2, -0.15) is 0 Å². The number of hydrogen-bond acceptors (Lipinski definition) is 4. The lowest BCUT2D eigenvalue weighted by Crippen LogP contribution is -2.42. The molecule has 1 aliphatic heterocycles. The van der Waals surface area contributed by atoms with Crippen LogP contribution in [0.3, 0.4) is 0 Å². The lowest BCUT2D eigenvalue weighted by atomic mass is 10.1. The Bertz CT molecular complexity index is 258.